The van der Waals surface area contributed by atoms with E-state index < -0.39 is 0 Å². The lowest BCUT2D eigenvalue weighted by molar-refractivity contribution is 0.563. The Hall–Kier alpha value is -2.66. The van der Waals surface area contributed by atoms with Gasteiger partial charge in [0.05, 0.1) is 17.8 Å². The van der Waals surface area contributed by atoms with E-state index in [1.54, 1.807) is 0 Å². The van der Waals surface area contributed by atoms with Gasteiger partial charge in [0.25, 0.3) is 0 Å². The van der Waals surface area contributed by atoms with Crippen molar-refractivity contribution >= 4 is 23.0 Å². The molecule has 0 amide bonds. The molecule has 1 N–H and O–H groups in total. The maximum atomic E-state index is 5.81. The first-order valence-electron chi connectivity index (χ1n) is 9.75. The van der Waals surface area contributed by atoms with E-state index in [2.05, 4.69) is 83.9 Å². The fourth-order valence-electron chi connectivity index (χ4n) is 4.34. The first-order valence-corrected chi connectivity index (χ1v) is 10.2. The molecule has 0 unspecified atom stereocenters. The minimum Gasteiger partial charge on any atom is -0.351 e. The zero-order valence-electron chi connectivity index (χ0n) is 16.8. The zero-order valence-corrected chi connectivity index (χ0v) is 17.6. The van der Waals surface area contributed by atoms with Gasteiger partial charge in [-0.2, -0.15) is 0 Å². The third-order valence-electron chi connectivity index (χ3n) is 5.63. The highest BCUT2D eigenvalue weighted by Gasteiger charge is 2.42. The van der Waals surface area contributed by atoms with E-state index in [-0.39, 0.29) is 12.1 Å². The summed E-state index contributed by atoms with van der Waals surface area (Å²) >= 11 is 5.81. The first-order chi connectivity index (χ1) is 13.5. The van der Waals surface area contributed by atoms with Crippen LogP contribution in [0.4, 0.5) is 5.69 Å². The van der Waals surface area contributed by atoms with Crippen LogP contribution in [0.1, 0.15) is 47.2 Å². The summed E-state index contributed by atoms with van der Waals surface area (Å²) in [5.74, 6) is 0. The predicted molar refractivity (Wildman–Crippen MR) is 119 cm³/mol. The number of anilines is 1. The number of aryl methyl sites for hydroxylation is 2. The topological polar surface area (TPSA) is 33.1 Å². The lowest BCUT2D eigenvalue weighted by atomic mass is 9.96. The van der Waals surface area contributed by atoms with Crippen LogP contribution >= 0.6 is 12.2 Å². The maximum Gasteiger partial charge on any atom is 0.174 e. The van der Waals surface area contributed by atoms with Crippen LogP contribution < -0.4 is 10.2 Å². The molecule has 2 aromatic heterocycles. The fourth-order valence-corrected chi connectivity index (χ4v) is 4.69. The number of aromatic nitrogens is 2. The Morgan fingerprint density at radius 2 is 1.89 bits per heavy atom. The standard InChI is InChI=1S/C23H26N4S/c1-5-26-16(3)14-19(17(26)4)22-21(20-11-6-7-12-24-20)25-23(28)27(22)18-10-8-9-15(2)13-18/h6-14,21-22H,5H2,1-4H3,(H,25,28)/t21-,22-/m1/s1. The van der Waals surface area contributed by atoms with Crippen molar-refractivity contribution in [3.05, 3.63) is 82.9 Å². The van der Waals surface area contributed by atoms with Gasteiger partial charge in [0.15, 0.2) is 5.11 Å². The number of hydrogen-bond acceptors (Lipinski definition) is 2. The Morgan fingerprint density at radius 1 is 1.07 bits per heavy atom. The van der Waals surface area contributed by atoms with Crippen LogP contribution in [0.5, 0.6) is 0 Å². The average Bonchev–Trinajstić information content (AvgIpc) is 3.18. The van der Waals surface area contributed by atoms with Crippen molar-refractivity contribution in [3.63, 3.8) is 0 Å². The molecule has 1 saturated heterocycles. The molecule has 4 rings (SSSR count). The van der Waals surface area contributed by atoms with Crippen LogP contribution in [0, 0.1) is 20.8 Å². The van der Waals surface area contributed by atoms with Gasteiger partial charge in [-0.25, -0.2) is 0 Å². The molecule has 1 fully saturated rings. The summed E-state index contributed by atoms with van der Waals surface area (Å²) in [6, 6.07) is 17.0. The molecule has 28 heavy (non-hydrogen) atoms. The molecule has 3 heterocycles. The normalized spacial score (nSPS) is 19.1. The Morgan fingerprint density at radius 3 is 2.54 bits per heavy atom. The first kappa shape index (κ1) is 18.7. The van der Waals surface area contributed by atoms with E-state index >= 15 is 0 Å². The quantitative estimate of drug-likeness (QED) is 0.635. The Balaban J connectivity index is 1.89. The molecule has 0 bridgehead atoms. The summed E-state index contributed by atoms with van der Waals surface area (Å²) in [5.41, 5.74) is 7.20. The highest BCUT2D eigenvalue weighted by atomic mass is 32.1. The van der Waals surface area contributed by atoms with E-state index in [1.807, 2.05) is 18.3 Å². The van der Waals surface area contributed by atoms with Crippen LogP contribution in [0.25, 0.3) is 0 Å². The molecule has 5 heteroatoms. The second-order valence-electron chi connectivity index (χ2n) is 7.41. The number of hydrogen-bond donors (Lipinski definition) is 1. The number of thiocarbonyl (C=S) groups is 1. The van der Waals surface area contributed by atoms with Crippen molar-refractivity contribution < 1.29 is 0 Å². The molecular weight excluding hydrogens is 364 g/mol. The highest BCUT2D eigenvalue weighted by Crippen LogP contribution is 2.43. The third-order valence-corrected chi connectivity index (χ3v) is 5.94. The van der Waals surface area contributed by atoms with Crippen molar-refractivity contribution in [3.8, 4) is 0 Å². The smallest absolute Gasteiger partial charge is 0.174 e. The van der Waals surface area contributed by atoms with E-state index in [0.717, 1.165) is 23.0 Å². The molecule has 3 aromatic rings. The monoisotopic (exact) mass is 390 g/mol. The molecule has 0 radical (unpaired) electrons. The van der Waals surface area contributed by atoms with E-state index in [1.165, 1.54) is 22.5 Å². The number of nitrogens with one attached hydrogen (secondary N) is 1. The molecule has 1 aliphatic heterocycles. The number of pyridine rings is 1. The largest absolute Gasteiger partial charge is 0.351 e. The molecule has 4 nitrogen and oxygen atoms in total. The minimum absolute atomic E-state index is 0.0000170. The lowest BCUT2D eigenvalue weighted by Crippen LogP contribution is -2.29. The Kier molecular flexibility index (Phi) is 4.94. The summed E-state index contributed by atoms with van der Waals surface area (Å²) in [5, 5.41) is 4.29. The van der Waals surface area contributed by atoms with Crippen molar-refractivity contribution in [2.24, 2.45) is 0 Å². The second-order valence-corrected chi connectivity index (χ2v) is 7.79. The average molecular weight is 391 g/mol. The summed E-state index contributed by atoms with van der Waals surface area (Å²) in [6.07, 6.45) is 1.85. The number of rotatable bonds is 4. The van der Waals surface area contributed by atoms with Crippen molar-refractivity contribution in [1.29, 1.82) is 0 Å². The Bertz CT molecular complexity index is 1010. The lowest BCUT2D eigenvalue weighted by Gasteiger charge is -2.28. The zero-order chi connectivity index (χ0) is 19.8. The predicted octanol–water partition coefficient (Wildman–Crippen LogP) is 5.01. The highest BCUT2D eigenvalue weighted by molar-refractivity contribution is 7.80. The van der Waals surface area contributed by atoms with Crippen LogP contribution in [0.2, 0.25) is 0 Å². The summed E-state index contributed by atoms with van der Waals surface area (Å²) < 4.78 is 2.36. The van der Waals surface area contributed by atoms with Gasteiger partial charge in [0.1, 0.15) is 0 Å². The molecular formula is C23H26N4S. The van der Waals surface area contributed by atoms with E-state index in [9.17, 15) is 0 Å². The SMILES string of the molecule is CCn1c(C)cc([C@@H]2[C@@H](c3ccccn3)NC(=S)N2c2cccc(C)c2)c1C. The molecule has 0 spiro atoms. The Labute approximate surface area is 172 Å². The summed E-state index contributed by atoms with van der Waals surface area (Å²) in [7, 11) is 0. The molecule has 1 aliphatic rings. The number of nitrogens with zero attached hydrogens (tertiary/aromatic N) is 3. The van der Waals surface area contributed by atoms with Gasteiger partial charge in [0, 0.05) is 29.8 Å². The number of benzene rings is 1. The molecule has 0 aliphatic carbocycles. The van der Waals surface area contributed by atoms with Gasteiger partial charge in [-0.3, -0.25) is 4.98 Å². The molecule has 144 valence electrons. The molecule has 1 aromatic carbocycles. The molecule has 0 saturated carbocycles. The fraction of sp³-hybridized carbons (Fsp3) is 0.304. The van der Waals surface area contributed by atoms with Crippen LogP contribution in [-0.4, -0.2) is 14.7 Å². The van der Waals surface area contributed by atoms with Gasteiger partial charge in [-0.1, -0.05) is 18.2 Å². The molecule has 2 atom stereocenters. The van der Waals surface area contributed by atoms with Crippen molar-refractivity contribution in [2.75, 3.05) is 4.90 Å². The summed E-state index contributed by atoms with van der Waals surface area (Å²) in [4.78, 5) is 6.89. The van der Waals surface area contributed by atoms with E-state index in [4.69, 9.17) is 12.2 Å². The van der Waals surface area contributed by atoms with E-state index in [0.29, 0.717) is 0 Å². The van der Waals surface area contributed by atoms with Crippen LogP contribution in [0.15, 0.2) is 54.7 Å². The van der Waals surface area contributed by atoms with Gasteiger partial charge in [0.2, 0.25) is 0 Å². The van der Waals surface area contributed by atoms with Gasteiger partial charge in [-0.15, -0.1) is 0 Å². The van der Waals surface area contributed by atoms with Gasteiger partial charge in [-0.05, 0) is 81.4 Å². The van der Waals surface area contributed by atoms with Crippen LogP contribution in [-0.2, 0) is 6.54 Å². The maximum absolute atomic E-state index is 5.81. The van der Waals surface area contributed by atoms with Gasteiger partial charge >= 0.3 is 0 Å². The summed E-state index contributed by atoms with van der Waals surface area (Å²) in [6.45, 7) is 9.64. The van der Waals surface area contributed by atoms with Crippen LogP contribution in [0.3, 0.4) is 0 Å². The van der Waals surface area contributed by atoms with Crippen molar-refractivity contribution in [1.82, 2.24) is 14.9 Å². The van der Waals surface area contributed by atoms with Gasteiger partial charge < -0.3 is 14.8 Å². The minimum atomic E-state index is 0.0000170. The van der Waals surface area contributed by atoms with Crippen molar-refractivity contribution in [2.45, 2.75) is 46.3 Å². The second kappa shape index (κ2) is 7.40. The third kappa shape index (κ3) is 3.10.